The molecule has 0 spiro atoms. The molecular formula is C29H29N5O5. The summed E-state index contributed by atoms with van der Waals surface area (Å²) in [7, 11) is 6.32. The molecule has 0 bridgehead atoms. The highest BCUT2D eigenvalue weighted by Gasteiger charge is 2.26. The lowest BCUT2D eigenvalue weighted by molar-refractivity contribution is 0.0956. The number of rotatable bonds is 9. The van der Waals surface area contributed by atoms with Crippen molar-refractivity contribution >= 4 is 33.9 Å². The first-order chi connectivity index (χ1) is 19.0. The number of aromatic nitrogens is 3. The Hall–Kier alpha value is -4.99. The van der Waals surface area contributed by atoms with Gasteiger partial charge in [-0.3, -0.25) is 9.36 Å². The second-order valence-electron chi connectivity index (χ2n) is 8.71. The molecule has 5 rings (SSSR count). The Morgan fingerprint density at radius 2 is 1.54 bits per heavy atom. The fourth-order valence-electron chi connectivity index (χ4n) is 4.55. The van der Waals surface area contributed by atoms with Crippen LogP contribution in [0.25, 0.3) is 27.9 Å². The van der Waals surface area contributed by atoms with Gasteiger partial charge in [0.25, 0.3) is 5.91 Å². The van der Waals surface area contributed by atoms with Crippen molar-refractivity contribution in [2.24, 2.45) is 0 Å². The Bertz CT molecular complexity index is 1680. The Labute approximate surface area is 225 Å². The van der Waals surface area contributed by atoms with E-state index in [1.54, 1.807) is 51.2 Å². The van der Waals surface area contributed by atoms with Crippen molar-refractivity contribution < 1.29 is 23.7 Å². The van der Waals surface area contributed by atoms with E-state index >= 15 is 0 Å². The van der Waals surface area contributed by atoms with Crippen LogP contribution < -0.4 is 30.0 Å². The number of nitrogens with one attached hydrogen (secondary N) is 1. The maximum Gasteiger partial charge on any atom is 0.257 e. The minimum absolute atomic E-state index is 0.190. The molecule has 3 aromatic carbocycles. The third-order valence-electron chi connectivity index (χ3n) is 6.50. The van der Waals surface area contributed by atoms with E-state index in [1.807, 2.05) is 42.5 Å². The standard InChI is InChI=1S/C29H29N5O5/c1-36-18-10-12-22(37-2)21(16-18)34-27(30)25(26-28(34)33-20-8-6-5-7-19(20)32-26)29(35)31-14-13-17-9-11-23(38-3)24(15-17)39-4/h5-12,15-16H,13-14,30H2,1-4H3,(H,31,35). The number of hydrogen-bond acceptors (Lipinski definition) is 8. The zero-order valence-electron chi connectivity index (χ0n) is 22.1. The molecule has 2 heterocycles. The molecule has 2 aromatic heterocycles. The van der Waals surface area contributed by atoms with Crippen molar-refractivity contribution in [3.05, 3.63) is 71.8 Å². The van der Waals surface area contributed by atoms with Gasteiger partial charge in [0.15, 0.2) is 17.1 Å². The van der Waals surface area contributed by atoms with Crippen LogP contribution in [0.2, 0.25) is 0 Å². The molecule has 0 unspecified atom stereocenters. The summed E-state index contributed by atoms with van der Waals surface area (Å²) in [5.41, 5.74) is 10.6. The van der Waals surface area contributed by atoms with Gasteiger partial charge in [-0.05, 0) is 48.4 Å². The number of nitrogen functional groups attached to an aromatic ring is 1. The Morgan fingerprint density at radius 3 is 2.23 bits per heavy atom. The minimum Gasteiger partial charge on any atom is -0.497 e. The van der Waals surface area contributed by atoms with E-state index in [9.17, 15) is 4.79 Å². The van der Waals surface area contributed by atoms with Crippen LogP contribution in [-0.2, 0) is 6.42 Å². The molecule has 3 N–H and O–H groups in total. The molecule has 0 aliphatic heterocycles. The number of amides is 1. The maximum absolute atomic E-state index is 13.6. The molecule has 1 amide bonds. The number of nitrogens with zero attached hydrogens (tertiary/aromatic N) is 3. The molecule has 39 heavy (non-hydrogen) atoms. The molecule has 0 aliphatic carbocycles. The average Bonchev–Trinajstić information content (AvgIpc) is 3.25. The van der Waals surface area contributed by atoms with Crippen molar-refractivity contribution in [3.63, 3.8) is 0 Å². The van der Waals surface area contributed by atoms with Crippen molar-refractivity contribution in [1.29, 1.82) is 0 Å². The van der Waals surface area contributed by atoms with Crippen molar-refractivity contribution in [3.8, 4) is 28.7 Å². The number of carbonyl (C=O) groups is 1. The van der Waals surface area contributed by atoms with E-state index < -0.39 is 0 Å². The van der Waals surface area contributed by atoms with E-state index in [0.29, 0.717) is 63.8 Å². The van der Waals surface area contributed by atoms with Gasteiger partial charge in [-0.1, -0.05) is 18.2 Å². The minimum atomic E-state index is -0.358. The van der Waals surface area contributed by atoms with Crippen LogP contribution in [0, 0.1) is 0 Å². The summed E-state index contributed by atoms with van der Waals surface area (Å²) in [5, 5.41) is 2.98. The SMILES string of the molecule is COc1ccc(OC)c(-n2c(N)c(C(=O)NCCc3ccc(OC)c(OC)c3)c3nc4ccccc4nc32)c1. The topological polar surface area (TPSA) is 123 Å². The third-order valence-corrected chi connectivity index (χ3v) is 6.50. The molecule has 10 nitrogen and oxygen atoms in total. The van der Waals surface area contributed by atoms with E-state index in [0.717, 1.165) is 5.56 Å². The van der Waals surface area contributed by atoms with Gasteiger partial charge in [-0.25, -0.2) is 9.97 Å². The van der Waals surface area contributed by atoms with Gasteiger partial charge in [0.2, 0.25) is 0 Å². The summed E-state index contributed by atoms with van der Waals surface area (Å²) >= 11 is 0. The van der Waals surface area contributed by atoms with Crippen LogP contribution in [-0.4, -0.2) is 55.4 Å². The molecule has 200 valence electrons. The van der Waals surface area contributed by atoms with E-state index in [2.05, 4.69) is 5.32 Å². The average molecular weight is 528 g/mol. The van der Waals surface area contributed by atoms with Crippen LogP contribution in [0.5, 0.6) is 23.0 Å². The zero-order valence-corrected chi connectivity index (χ0v) is 22.1. The van der Waals surface area contributed by atoms with E-state index in [-0.39, 0.29) is 17.3 Å². The molecule has 0 saturated carbocycles. The highest BCUT2D eigenvalue weighted by atomic mass is 16.5. The predicted molar refractivity (Wildman–Crippen MR) is 149 cm³/mol. The van der Waals surface area contributed by atoms with Crippen molar-refractivity contribution in [2.75, 3.05) is 40.7 Å². The van der Waals surface area contributed by atoms with Crippen LogP contribution in [0.4, 0.5) is 5.82 Å². The largest absolute Gasteiger partial charge is 0.497 e. The molecule has 0 atom stereocenters. The maximum atomic E-state index is 13.6. The van der Waals surface area contributed by atoms with Crippen molar-refractivity contribution in [1.82, 2.24) is 19.9 Å². The highest BCUT2D eigenvalue weighted by molar-refractivity contribution is 6.11. The summed E-state index contributed by atoms with van der Waals surface area (Å²) < 4.78 is 23.4. The second-order valence-corrected chi connectivity index (χ2v) is 8.71. The lowest BCUT2D eigenvalue weighted by atomic mass is 10.1. The molecule has 0 fully saturated rings. The van der Waals surface area contributed by atoms with Gasteiger partial charge in [0.05, 0.1) is 45.2 Å². The van der Waals surface area contributed by atoms with Gasteiger partial charge < -0.3 is 30.0 Å². The van der Waals surface area contributed by atoms with Gasteiger partial charge >= 0.3 is 0 Å². The number of hydrogen-bond donors (Lipinski definition) is 2. The van der Waals surface area contributed by atoms with Crippen LogP contribution in [0.15, 0.2) is 60.7 Å². The monoisotopic (exact) mass is 527 g/mol. The van der Waals surface area contributed by atoms with E-state index in [4.69, 9.17) is 34.6 Å². The van der Waals surface area contributed by atoms with Gasteiger partial charge in [-0.2, -0.15) is 0 Å². The fourth-order valence-corrected chi connectivity index (χ4v) is 4.55. The first-order valence-corrected chi connectivity index (χ1v) is 12.3. The number of nitrogens with two attached hydrogens (primary N) is 1. The van der Waals surface area contributed by atoms with Crippen LogP contribution >= 0.6 is 0 Å². The number of fused-ring (bicyclic) bond motifs is 2. The van der Waals surface area contributed by atoms with Crippen LogP contribution in [0.1, 0.15) is 15.9 Å². The summed E-state index contributed by atoms with van der Waals surface area (Å²) in [6.07, 6.45) is 0.572. The highest BCUT2D eigenvalue weighted by Crippen LogP contribution is 2.36. The third kappa shape index (κ3) is 4.72. The first-order valence-electron chi connectivity index (χ1n) is 12.3. The second kappa shape index (κ2) is 10.8. The number of para-hydroxylation sites is 2. The Kier molecular flexibility index (Phi) is 7.09. The van der Waals surface area contributed by atoms with Gasteiger partial charge in [0.1, 0.15) is 28.4 Å². The summed E-state index contributed by atoms with van der Waals surface area (Å²) in [5.74, 6) is 2.24. The molecule has 0 saturated heterocycles. The van der Waals surface area contributed by atoms with Crippen LogP contribution in [0.3, 0.4) is 0 Å². The molecule has 10 heteroatoms. The quantitative estimate of drug-likeness (QED) is 0.293. The number of carbonyl (C=O) groups excluding carboxylic acids is 1. The number of anilines is 1. The molecule has 0 aliphatic rings. The number of methoxy groups -OCH3 is 4. The normalized spacial score (nSPS) is 11.0. The predicted octanol–water partition coefficient (Wildman–Crippen LogP) is 4.16. The molecule has 5 aromatic rings. The first kappa shape index (κ1) is 25.7. The number of benzene rings is 3. The van der Waals surface area contributed by atoms with E-state index in [1.165, 1.54) is 0 Å². The zero-order chi connectivity index (χ0) is 27.5. The smallest absolute Gasteiger partial charge is 0.257 e. The lowest BCUT2D eigenvalue weighted by Gasteiger charge is -2.14. The van der Waals surface area contributed by atoms with Crippen molar-refractivity contribution in [2.45, 2.75) is 6.42 Å². The fraction of sp³-hybridized carbons (Fsp3) is 0.207. The summed E-state index contributed by atoms with van der Waals surface area (Å²) in [6.45, 7) is 0.365. The molecule has 0 radical (unpaired) electrons. The van der Waals surface area contributed by atoms with Gasteiger partial charge in [-0.15, -0.1) is 0 Å². The number of ether oxygens (including phenoxy) is 4. The summed E-state index contributed by atoms with van der Waals surface area (Å²) in [4.78, 5) is 23.2. The van der Waals surface area contributed by atoms with Gasteiger partial charge in [0, 0.05) is 12.6 Å². The molecular weight excluding hydrogens is 498 g/mol. The lowest BCUT2D eigenvalue weighted by Crippen LogP contribution is -2.26. The summed E-state index contributed by atoms with van der Waals surface area (Å²) in [6, 6.07) is 18.5. The Morgan fingerprint density at radius 1 is 0.846 bits per heavy atom. The Balaban J connectivity index is 1.56.